The second-order valence-corrected chi connectivity index (χ2v) is 6.27. The molecule has 1 aliphatic carbocycles. The first-order valence-corrected chi connectivity index (χ1v) is 8.69. The van der Waals surface area contributed by atoms with Crippen LogP contribution in [0.4, 0.5) is 9.18 Å². The standard InChI is InChI=1S/C18H26FN3O2/c19-15-10-8-14(9-11-15)12-20-18(24)21-13-17(23)22-16-6-4-2-1-3-5-7-16/h8-11,16H,1-7,12-13H2,(H,22,23)(H2,20,21,24). The van der Waals surface area contributed by atoms with Crippen molar-refractivity contribution in [1.82, 2.24) is 16.0 Å². The van der Waals surface area contributed by atoms with Gasteiger partial charge in [-0.3, -0.25) is 4.79 Å². The summed E-state index contributed by atoms with van der Waals surface area (Å²) in [5.41, 5.74) is 0.797. The largest absolute Gasteiger partial charge is 0.352 e. The van der Waals surface area contributed by atoms with Crippen molar-refractivity contribution < 1.29 is 14.0 Å². The zero-order valence-corrected chi connectivity index (χ0v) is 13.9. The number of halogens is 1. The highest BCUT2D eigenvalue weighted by Gasteiger charge is 2.14. The normalized spacial score (nSPS) is 15.9. The molecule has 3 amide bonds. The van der Waals surface area contributed by atoms with Crippen LogP contribution >= 0.6 is 0 Å². The molecule has 0 spiro atoms. The summed E-state index contributed by atoms with van der Waals surface area (Å²) in [4.78, 5) is 23.6. The molecule has 1 fully saturated rings. The van der Waals surface area contributed by atoms with E-state index >= 15 is 0 Å². The van der Waals surface area contributed by atoms with Gasteiger partial charge >= 0.3 is 6.03 Å². The van der Waals surface area contributed by atoms with Crippen LogP contribution in [0.3, 0.4) is 0 Å². The zero-order chi connectivity index (χ0) is 17.2. The van der Waals surface area contributed by atoms with Crippen molar-refractivity contribution in [3.63, 3.8) is 0 Å². The van der Waals surface area contributed by atoms with Crippen LogP contribution in [0.25, 0.3) is 0 Å². The smallest absolute Gasteiger partial charge is 0.315 e. The predicted molar refractivity (Wildman–Crippen MR) is 90.9 cm³/mol. The molecule has 0 bridgehead atoms. The average molecular weight is 335 g/mol. The minimum atomic E-state index is -0.410. The number of benzene rings is 1. The van der Waals surface area contributed by atoms with Crippen LogP contribution in [0.1, 0.15) is 50.5 Å². The lowest BCUT2D eigenvalue weighted by atomic mass is 9.97. The van der Waals surface area contributed by atoms with E-state index < -0.39 is 6.03 Å². The van der Waals surface area contributed by atoms with Crippen LogP contribution in [-0.4, -0.2) is 24.5 Å². The Bertz CT molecular complexity index is 526. The Morgan fingerprint density at radius 1 is 0.958 bits per heavy atom. The minimum Gasteiger partial charge on any atom is -0.352 e. The molecule has 24 heavy (non-hydrogen) atoms. The fourth-order valence-electron chi connectivity index (χ4n) is 2.89. The van der Waals surface area contributed by atoms with E-state index in [9.17, 15) is 14.0 Å². The van der Waals surface area contributed by atoms with E-state index in [1.807, 2.05) is 0 Å². The highest BCUT2D eigenvalue weighted by molar-refractivity contribution is 5.84. The fraction of sp³-hybridized carbons (Fsp3) is 0.556. The number of rotatable bonds is 5. The highest BCUT2D eigenvalue weighted by atomic mass is 19.1. The number of hydrogen-bond acceptors (Lipinski definition) is 2. The molecule has 1 aromatic carbocycles. The molecular formula is C18H26FN3O2. The van der Waals surface area contributed by atoms with E-state index in [1.165, 1.54) is 31.4 Å². The Hall–Kier alpha value is -2.11. The van der Waals surface area contributed by atoms with Crippen LogP contribution in [0.5, 0.6) is 0 Å². The molecule has 0 aliphatic heterocycles. The summed E-state index contributed by atoms with van der Waals surface area (Å²) in [6.45, 7) is 0.252. The van der Waals surface area contributed by atoms with Gasteiger partial charge in [0.1, 0.15) is 5.82 Å². The molecule has 1 aromatic rings. The number of hydrogen-bond donors (Lipinski definition) is 3. The first-order valence-electron chi connectivity index (χ1n) is 8.69. The van der Waals surface area contributed by atoms with Gasteiger partial charge in [-0.25, -0.2) is 9.18 Å². The molecule has 0 radical (unpaired) electrons. The molecule has 1 aliphatic rings. The predicted octanol–water partition coefficient (Wildman–Crippen LogP) is 2.85. The van der Waals surface area contributed by atoms with Gasteiger partial charge in [-0.1, -0.05) is 44.2 Å². The summed E-state index contributed by atoms with van der Waals surface area (Å²) in [5, 5.41) is 8.19. The van der Waals surface area contributed by atoms with Crippen molar-refractivity contribution in [2.75, 3.05) is 6.54 Å². The maximum Gasteiger partial charge on any atom is 0.315 e. The molecule has 6 heteroatoms. The van der Waals surface area contributed by atoms with E-state index in [4.69, 9.17) is 0 Å². The van der Waals surface area contributed by atoms with E-state index in [0.29, 0.717) is 0 Å². The van der Waals surface area contributed by atoms with E-state index in [0.717, 1.165) is 31.2 Å². The summed E-state index contributed by atoms with van der Waals surface area (Å²) < 4.78 is 12.8. The second-order valence-electron chi connectivity index (χ2n) is 6.27. The summed E-state index contributed by atoms with van der Waals surface area (Å²) in [7, 11) is 0. The van der Waals surface area contributed by atoms with Crippen molar-refractivity contribution in [2.45, 2.75) is 57.5 Å². The minimum absolute atomic E-state index is 0.0360. The van der Waals surface area contributed by atoms with Crippen molar-refractivity contribution in [3.8, 4) is 0 Å². The van der Waals surface area contributed by atoms with Crippen LogP contribution in [-0.2, 0) is 11.3 Å². The molecule has 0 atom stereocenters. The molecule has 1 saturated carbocycles. The van der Waals surface area contributed by atoms with Crippen LogP contribution in [0.15, 0.2) is 24.3 Å². The Morgan fingerprint density at radius 3 is 2.25 bits per heavy atom. The molecule has 0 heterocycles. The Balaban J connectivity index is 1.63. The van der Waals surface area contributed by atoms with Gasteiger partial charge in [0.15, 0.2) is 0 Å². The highest BCUT2D eigenvalue weighted by Crippen LogP contribution is 2.16. The molecule has 132 valence electrons. The SMILES string of the molecule is O=C(CNC(=O)NCc1ccc(F)cc1)NC1CCCCCCC1. The van der Waals surface area contributed by atoms with Gasteiger partial charge < -0.3 is 16.0 Å². The number of carbonyl (C=O) groups is 2. The van der Waals surface area contributed by atoms with Gasteiger partial charge in [-0.15, -0.1) is 0 Å². The lowest BCUT2D eigenvalue weighted by Gasteiger charge is -2.21. The lowest BCUT2D eigenvalue weighted by Crippen LogP contribution is -2.44. The maximum absolute atomic E-state index is 12.8. The molecular weight excluding hydrogens is 309 g/mol. The van der Waals surface area contributed by atoms with Crippen molar-refractivity contribution in [2.24, 2.45) is 0 Å². The Labute approximate surface area is 142 Å². The number of carbonyl (C=O) groups excluding carboxylic acids is 2. The molecule has 3 N–H and O–H groups in total. The topological polar surface area (TPSA) is 70.2 Å². The Kier molecular flexibility index (Phi) is 7.52. The summed E-state index contributed by atoms with van der Waals surface area (Å²) >= 11 is 0. The average Bonchev–Trinajstić information content (AvgIpc) is 2.55. The van der Waals surface area contributed by atoms with Gasteiger partial charge in [-0.05, 0) is 30.5 Å². The van der Waals surface area contributed by atoms with E-state index in [2.05, 4.69) is 16.0 Å². The summed E-state index contributed by atoms with van der Waals surface area (Å²) in [6.07, 6.45) is 8.08. The first-order chi connectivity index (χ1) is 11.6. The third-order valence-corrected chi connectivity index (χ3v) is 4.25. The summed E-state index contributed by atoms with van der Waals surface area (Å²) in [5.74, 6) is -0.466. The monoisotopic (exact) mass is 335 g/mol. The lowest BCUT2D eigenvalue weighted by molar-refractivity contribution is -0.120. The van der Waals surface area contributed by atoms with Crippen LogP contribution in [0.2, 0.25) is 0 Å². The van der Waals surface area contributed by atoms with Gasteiger partial charge in [0.05, 0.1) is 6.54 Å². The van der Waals surface area contributed by atoms with Crippen LogP contribution < -0.4 is 16.0 Å². The summed E-state index contributed by atoms with van der Waals surface area (Å²) in [6, 6.07) is 5.72. The second kappa shape index (κ2) is 9.90. The van der Waals surface area contributed by atoms with Crippen molar-refractivity contribution in [3.05, 3.63) is 35.6 Å². The van der Waals surface area contributed by atoms with E-state index in [-0.39, 0.29) is 30.9 Å². The van der Waals surface area contributed by atoms with Crippen LogP contribution in [0, 0.1) is 5.82 Å². The first kappa shape index (κ1) is 18.2. The van der Waals surface area contributed by atoms with Gasteiger partial charge in [-0.2, -0.15) is 0 Å². The molecule has 0 saturated heterocycles. The third kappa shape index (κ3) is 6.98. The number of urea groups is 1. The van der Waals surface area contributed by atoms with Gasteiger partial charge in [0.25, 0.3) is 0 Å². The molecule has 0 unspecified atom stereocenters. The molecule has 5 nitrogen and oxygen atoms in total. The van der Waals surface area contributed by atoms with Gasteiger partial charge in [0, 0.05) is 12.6 Å². The third-order valence-electron chi connectivity index (χ3n) is 4.25. The fourth-order valence-corrected chi connectivity index (χ4v) is 2.89. The quantitative estimate of drug-likeness (QED) is 0.774. The van der Waals surface area contributed by atoms with E-state index in [1.54, 1.807) is 12.1 Å². The maximum atomic E-state index is 12.8. The van der Waals surface area contributed by atoms with Crippen molar-refractivity contribution >= 4 is 11.9 Å². The zero-order valence-electron chi connectivity index (χ0n) is 13.9. The number of nitrogens with one attached hydrogen (secondary N) is 3. The number of amides is 3. The Morgan fingerprint density at radius 2 is 1.58 bits per heavy atom. The van der Waals surface area contributed by atoms with Gasteiger partial charge in [0.2, 0.25) is 5.91 Å². The van der Waals surface area contributed by atoms with Crippen molar-refractivity contribution in [1.29, 1.82) is 0 Å². The molecule has 2 rings (SSSR count). The molecule has 0 aromatic heterocycles.